The third kappa shape index (κ3) is 4.95. The smallest absolute Gasteiger partial charge is 0.355 e. The van der Waals surface area contributed by atoms with Gasteiger partial charge >= 0.3 is 6.18 Å². The molecule has 0 unspecified atom stereocenters. The van der Waals surface area contributed by atoms with Gasteiger partial charge in [-0.05, 0) is 43.0 Å². The molecule has 29 heavy (non-hydrogen) atoms. The van der Waals surface area contributed by atoms with Gasteiger partial charge in [0.25, 0.3) is 0 Å². The second-order valence-electron chi connectivity index (χ2n) is 7.61. The van der Waals surface area contributed by atoms with Gasteiger partial charge in [-0.25, -0.2) is 0 Å². The fourth-order valence-corrected chi connectivity index (χ4v) is 3.86. The zero-order chi connectivity index (χ0) is 20.3. The van der Waals surface area contributed by atoms with Crippen LogP contribution in [0, 0.1) is 0 Å². The van der Waals surface area contributed by atoms with Crippen molar-refractivity contribution in [2.24, 2.45) is 0 Å². The molecule has 2 aromatic rings. The summed E-state index contributed by atoms with van der Waals surface area (Å²) in [7, 11) is 0. The van der Waals surface area contributed by atoms with E-state index in [9.17, 15) is 13.2 Å². The molecule has 2 aromatic heterocycles. The van der Waals surface area contributed by atoms with Crippen molar-refractivity contribution < 1.29 is 13.2 Å². The molecule has 2 fully saturated rings. The largest absolute Gasteiger partial charge is 0.433 e. The summed E-state index contributed by atoms with van der Waals surface area (Å²) >= 11 is 0. The van der Waals surface area contributed by atoms with Crippen LogP contribution in [0.25, 0.3) is 0 Å². The fraction of sp³-hybridized carbons (Fsp3) is 0.550. The van der Waals surface area contributed by atoms with E-state index < -0.39 is 11.9 Å². The van der Waals surface area contributed by atoms with Crippen LogP contribution in [0.4, 0.5) is 24.8 Å². The van der Waals surface area contributed by atoms with Crippen LogP contribution >= 0.6 is 0 Å². The third-order valence-electron chi connectivity index (χ3n) is 5.53. The van der Waals surface area contributed by atoms with Crippen LogP contribution in [0.2, 0.25) is 0 Å². The van der Waals surface area contributed by atoms with Gasteiger partial charge < -0.3 is 9.80 Å². The molecule has 9 heteroatoms. The van der Waals surface area contributed by atoms with E-state index in [0.717, 1.165) is 62.5 Å². The summed E-state index contributed by atoms with van der Waals surface area (Å²) in [4.78, 5) is 10.2. The molecule has 0 saturated carbocycles. The van der Waals surface area contributed by atoms with Crippen molar-refractivity contribution in [3.63, 3.8) is 0 Å². The maximum Gasteiger partial charge on any atom is 0.433 e. The number of piperazine rings is 1. The van der Waals surface area contributed by atoms with Gasteiger partial charge in [0.2, 0.25) is 0 Å². The standard InChI is InChI=1S/C20H25F3N6/c21-20(22,23)17-5-4-16(14-24-17)15-27-10-12-29(13-11-27)19-7-6-18(25-26-19)28-8-2-1-3-9-28/h4-7,14H,1-3,8-13,15H2. The minimum Gasteiger partial charge on any atom is -0.355 e. The van der Waals surface area contributed by atoms with E-state index in [0.29, 0.717) is 6.54 Å². The number of halogens is 3. The van der Waals surface area contributed by atoms with Crippen molar-refractivity contribution in [1.82, 2.24) is 20.1 Å². The summed E-state index contributed by atoms with van der Waals surface area (Å²) in [6.07, 6.45) is 0.628. The van der Waals surface area contributed by atoms with E-state index >= 15 is 0 Å². The second kappa shape index (κ2) is 8.52. The normalized spacial score (nSPS) is 18.9. The molecule has 0 aliphatic carbocycles. The Morgan fingerprint density at radius 3 is 1.90 bits per heavy atom. The Labute approximate surface area is 168 Å². The van der Waals surface area contributed by atoms with E-state index in [2.05, 4.69) is 29.9 Å². The van der Waals surface area contributed by atoms with Crippen LogP contribution in [0.5, 0.6) is 0 Å². The predicted octanol–water partition coefficient (Wildman–Crippen LogP) is 3.20. The van der Waals surface area contributed by atoms with E-state index in [4.69, 9.17) is 0 Å². The lowest BCUT2D eigenvalue weighted by Gasteiger charge is -2.35. The Morgan fingerprint density at radius 2 is 1.38 bits per heavy atom. The maximum absolute atomic E-state index is 12.6. The Kier molecular flexibility index (Phi) is 5.84. The second-order valence-corrected chi connectivity index (χ2v) is 7.61. The SMILES string of the molecule is FC(F)(F)c1ccc(CN2CCN(c3ccc(N4CCCCC4)nn3)CC2)cn1. The summed E-state index contributed by atoms with van der Waals surface area (Å²) in [5.74, 6) is 1.82. The molecule has 6 nitrogen and oxygen atoms in total. The third-order valence-corrected chi connectivity index (χ3v) is 5.53. The number of rotatable bonds is 4. The first kappa shape index (κ1) is 19.9. The quantitative estimate of drug-likeness (QED) is 0.777. The fourth-order valence-electron chi connectivity index (χ4n) is 3.86. The lowest BCUT2D eigenvalue weighted by atomic mass is 10.1. The van der Waals surface area contributed by atoms with E-state index in [1.165, 1.54) is 31.5 Å². The number of hydrogen-bond donors (Lipinski definition) is 0. The average molecular weight is 406 g/mol. The lowest BCUT2D eigenvalue weighted by molar-refractivity contribution is -0.141. The van der Waals surface area contributed by atoms with Crippen molar-refractivity contribution >= 4 is 11.6 Å². The van der Waals surface area contributed by atoms with Crippen molar-refractivity contribution in [3.05, 3.63) is 41.7 Å². The van der Waals surface area contributed by atoms with Gasteiger partial charge in [-0.15, -0.1) is 10.2 Å². The summed E-state index contributed by atoms with van der Waals surface area (Å²) < 4.78 is 37.9. The highest BCUT2D eigenvalue weighted by atomic mass is 19.4. The lowest BCUT2D eigenvalue weighted by Crippen LogP contribution is -2.46. The molecule has 0 N–H and O–H groups in total. The zero-order valence-corrected chi connectivity index (χ0v) is 16.3. The van der Waals surface area contributed by atoms with Gasteiger partial charge in [-0.2, -0.15) is 13.2 Å². The molecule has 4 heterocycles. The van der Waals surface area contributed by atoms with Crippen LogP contribution in [0.15, 0.2) is 30.5 Å². The Morgan fingerprint density at radius 1 is 0.759 bits per heavy atom. The Hall–Kier alpha value is -2.42. The number of piperidine rings is 1. The van der Waals surface area contributed by atoms with Gasteiger partial charge in [0.1, 0.15) is 5.69 Å². The van der Waals surface area contributed by atoms with E-state index in [-0.39, 0.29) is 0 Å². The first-order valence-corrected chi connectivity index (χ1v) is 10.1. The zero-order valence-electron chi connectivity index (χ0n) is 16.3. The molecule has 0 amide bonds. The minimum absolute atomic E-state index is 0.596. The number of anilines is 2. The van der Waals surface area contributed by atoms with E-state index in [1.54, 1.807) is 0 Å². The van der Waals surface area contributed by atoms with Gasteiger partial charge in [0, 0.05) is 52.0 Å². The highest BCUT2D eigenvalue weighted by Crippen LogP contribution is 2.27. The van der Waals surface area contributed by atoms with Crippen molar-refractivity contribution in [3.8, 4) is 0 Å². The topological polar surface area (TPSA) is 48.4 Å². The van der Waals surface area contributed by atoms with Crippen LogP contribution in [-0.2, 0) is 12.7 Å². The number of hydrogen-bond acceptors (Lipinski definition) is 6. The van der Waals surface area contributed by atoms with Crippen LogP contribution in [-0.4, -0.2) is 59.3 Å². The number of aromatic nitrogens is 3. The van der Waals surface area contributed by atoms with Crippen LogP contribution in [0.1, 0.15) is 30.5 Å². The van der Waals surface area contributed by atoms with Gasteiger partial charge in [0.05, 0.1) is 0 Å². The van der Waals surface area contributed by atoms with Crippen molar-refractivity contribution in [2.45, 2.75) is 32.0 Å². The molecule has 4 rings (SSSR count). The van der Waals surface area contributed by atoms with Crippen LogP contribution in [0.3, 0.4) is 0 Å². The number of nitrogens with zero attached hydrogens (tertiary/aromatic N) is 6. The minimum atomic E-state index is -4.39. The molecule has 0 aromatic carbocycles. The van der Waals surface area contributed by atoms with Crippen LogP contribution < -0.4 is 9.80 Å². The molecule has 2 saturated heterocycles. The summed E-state index contributed by atoms with van der Waals surface area (Å²) in [6.45, 7) is 5.94. The van der Waals surface area contributed by atoms with Gasteiger partial charge in [-0.3, -0.25) is 9.88 Å². The molecule has 0 radical (unpaired) electrons. The number of alkyl halides is 3. The molecule has 0 atom stereocenters. The monoisotopic (exact) mass is 406 g/mol. The van der Waals surface area contributed by atoms with Gasteiger partial charge in [-0.1, -0.05) is 6.07 Å². The predicted molar refractivity (Wildman–Crippen MR) is 105 cm³/mol. The summed E-state index contributed by atoms with van der Waals surface area (Å²) in [5.41, 5.74) is -0.0604. The van der Waals surface area contributed by atoms with Crippen molar-refractivity contribution in [2.75, 3.05) is 49.1 Å². The molecular formula is C20H25F3N6. The molecule has 0 spiro atoms. The van der Waals surface area contributed by atoms with E-state index in [1.807, 2.05) is 12.1 Å². The number of pyridine rings is 1. The highest BCUT2D eigenvalue weighted by molar-refractivity contribution is 5.45. The van der Waals surface area contributed by atoms with Gasteiger partial charge in [0.15, 0.2) is 11.6 Å². The molecule has 156 valence electrons. The molecule has 2 aliphatic heterocycles. The molecular weight excluding hydrogens is 381 g/mol. The molecule has 0 bridgehead atoms. The highest BCUT2D eigenvalue weighted by Gasteiger charge is 2.32. The molecule has 2 aliphatic rings. The Bertz CT molecular complexity index is 779. The van der Waals surface area contributed by atoms with Crippen molar-refractivity contribution in [1.29, 1.82) is 0 Å². The summed E-state index contributed by atoms with van der Waals surface area (Å²) in [6, 6.07) is 6.64. The first-order valence-electron chi connectivity index (χ1n) is 10.1. The summed E-state index contributed by atoms with van der Waals surface area (Å²) in [5, 5.41) is 8.83. The maximum atomic E-state index is 12.6. The Balaban J connectivity index is 1.29. The first-order chi connectivity index (χ1) is 14.0. The average Bonchev–Trinajstić information content (AvgIpc) is 2.75.